The van der Waals surface area contributed by atoms with Gasteiger partial charge in [0.1, 0.15) is 18.2 Å². The summed E-state index contributed by atoms with van der Waals surface area (Å²) in [5.41, 5.74) is 0.872. The zero-order chi connectivity index (χ0) is 25.4. The quantitative estimate of drug-likeness (QED) is 0.670. The van der Waals surface area contributed by atoms with Crippen LogP contribution < -0.4 is 15.4 Å². The summed E-state index contributed by atoms with van der Waals surface area (Å²) in [4.78, 5) is 40.1. The minimum Gasteiger partial charge on any atom is -0.491 e. The van der Waals surface area contributed by atoms with E-state index in [1.807, 2.05) is 13.8 Å². The average Bonchev–Trinajstić information content (AvgIpc) is 2.80. The minimum absolute atomic E-state index is 0.00539. The number of amides is 3. The van der Waals surface area contributed by atoms with Gasteiger partial charge < -0.3 is 20.3 Å². The third kappa shape index (κ3) is 7.96. The second kappa shape index (κ2) is 12.5. The third-order valence-electron chi connectivity index (χ3n) is 5.83. The first-order valence-corrected chi connectivity index (χ1v) is 12.1. The zero-order valence-corrected chi connectivity index (χ0v) is 20.7. The molecule has 1 aliphatic heterocycles. The van der Waals surface area contributed by atoms with Gasteiger partial charge in [-0.2, -0.15) is 0 Å². The van der Waals surface area contributed by atoms with E-state index in [0.29, 0.717) is 47.8 Å². The summed E-state index contributed by atoms with van der Waals surface area (Å²) in [5.74, 6) is -0.868. The number of halogens is 2. The van der Waals surface area contributed by atoms with E-state index in [1.54, 1.807) is 30.3 Å². The van der Waals surface area contributed by atoms with Crippen LogP contribution in [0.15, 0.2) is 42.5 Å². The Morgan fingerprint density at radius 3 is 2.74 bits per heavy atom. The van der Waals surface area contributed by atoms with Crippen LogP contribution in [0.2, 0.25) is 5.02 Å². The van der Waals surface area contributed by atoms with Crippen molar-refractivity contribution in [1.82, 2.24) is 15.5 Å². The maximum atomic E-state index is 13.6. The van der Waals surface area contributed by atoms with Gasteiger partial charge in [0.15, 0.2) is 0 Å². The topological polar surface area (TPSA) is 87.7 Å². The number of nitrogens with zero attached hydrogens (tertiary/aromatic N) is 1. The molecule has 2 N–H and O–H groups in total. The normalized spacial score (nSPS) is 18.0. The van der Waals surface area contributed by atoms with Crippen molar-refractivity contribution in [3.63, 3.8) is 0 Å². The highest BCUT2D eigenvalue weighted by Crippen LogP contribution is 2.24. The van der Waals surface area contributed by atoms with Crippen LogP contribution in [0.5, 0.6) is 5.75 Å². The lowest BCUT2D eigenvalue weighted by Crippen LogP contribution is -2.48. The van der Waals surface area contributed by atoms with Crippen LogP contribution in [0.4, 0.5) is 4.39 Å². The molecule has 0 unspecified atom stereocenters. The van der Waals surface area contributed by atoms with E-state index in [9.17, 15) is 18.8 Å². The van der Waals surface area contributed by atoms with Gasteiger partial charge in [0.25, 0.3) is 5.91 Å². The molecule has 0 saturated carbocycles. The summed E-state index contributed by atoms with van der Waals surface area (Å²) < 4.78 is 19.5. The zero-order valence-electron chi connectivity index (χ0n) is 20.0. The standard InChI is InChI=1S/C26H31ClFN3O4/c1-17(2)22-16-35-23-9-8-19(27)14-21(23)26(34)29-10-3-4-11-31(15-24(32)30-22)25(33)13-18-6-5-7-20(28)12-18/h5-9,12,14,17,22H,3-4,10-11,13,15-16H2,1-2H3,(H,29,34)(H,30,32)/t22-/m1/s1. The largest absolute Gasteiger partial charge is 0.491 e. The number of ether oxygens (including phenoxy) is 1. The maximum absolute atomic E-state index is 13.6. The summed E-state index contributed by atoms with van der Waals surface area (Å²) in [5, 5.41) is 6.23. The predicted molar refractivity (Wildman–Crippen MR) is 132 cm³/mol. The van der Waals surface area contributed by atoms with Crippen molar-refractivity contribution < 1.29 is 23.5 Å². The summed E-state index contributed by atoms with van der Waals surface area (Å²) >= 11 is 6.10. The molecule has 2 aromatic rings. The SMILES string of the molecule is CC(C)[C@H]1COc2ccc(Cl)cc2C(=O)NCCCCN(C(=O)Cc2cccc(F)c2)CC(=O)N1. The van der Waals surface area contributed by atoms with Crippen LogP contribution in [0, 0.1) is 11.7 Å². The Balaban J connectivity index is 1.77. The number of fused-ring (bicyclic) bond motifs is 1. The lowest BCUT2D eigenvalue weighted by atomic mass is 10.1. The van der Waals surface area contributed by atoms with Gasteiger partial charge in [0.05, 0.1) is 24.6 Å². The molecular formula is C26H31ClFN3O4. The van der Waals surface area contributed by atoms with Gasteiger partial charge in [-0.3, -0.25) is 14.4 Å². The van der Waals surface area contributed by atoms with E-state index >= 15 is 0 Å². The molecule has 0 aliphatic carbocycles. The Hall–Kier alpha value is -3.13. The molecule has 35 heavy (non-hydrogen) atoms. The summed E-state index contributed by atoms with van der Waals surface area (Å²) in [6, 6.07) is 10.4. The van der Waals surface area contributed by atoms with Gasteiger partial charge in [-0.25, -0.2) is 4.39 Å². The van der Waals surface area contributed by atoms with Gasteiger partial charge in [0.2, 0.25) is 11.8 Å². The van der Waals surface area contributed by atoms with E-state index < -0.39 is 5.82 Å². The van der Waals surface area contributed by atoms with E-state index in [1.165, 1.54) is 17.0 Å². The van der Waals surface area contributed by atoms with Gasteiger partial charge in [0, 0.05) is 18.1 Å². The van der Waals surface area contributed by atoms with E-state index in [2.05, 4.69) is 10.6 Å². The number of carbonyl (C=O) groups excluding carboxylic acids is 3. The van der Waals surface area contributed by atoms with Gasteiger partial charge >= 0.3 is 0 Å². The van der Waals surface area contributed by atoms with Gasteiger partial charge in [-0.05, 0) is 54.7 Å². The molecule has 7 nitrogen and oxygen atoms in total. The molecule has 188 valence electrons. The van der Waals surface area contributed by atoms with Gasteiger partial charge in [-0.1, -0.05) is 37.6 Å². The monoisotopic (exact) mass is 503 g/mol. The first kappa shape index (κ1) is 26.5. The molecule has 1 heterocycles. The van der Waals surface area contributed by atoms with Crippen LogP contribution in [0.25, 0.3) is 0 Å². The summed E-state index contributed by atoms with van der Waals surface area (Å²) in [6.07, 6.45) is 1.17. The number of hydrogen-bond acceptors (Lipinski definition) is 4. The summed E-state index contributed by atoms with van der Waals surface area (Å²) in [6.45, 7) is 4.65. The highest BCUT2D eigenvalue weighted by molar-refractivity contribution is 6.31. The molecule has 9 heteroatoms. The van der Waals surface area contributed by atoms with Crippen LogP contribution in [0.3, 0.4) is 0 Å². The Bertz CT molecular complexity index is 1060. The highest BCUT2D eigenvalue weighted by Gasteiger charge is 2.23. The van der Waals surface area contributed by atoms with E-state index in [-0.39, 0.29) is 49.3 Å². The predicted octanol–water partition coefficient (Wildman–Crippen LogP) is 3.59. The fourth-order valence-electron chi connectivity index (χ4n) is 3.76. The average molecular weight is 504 g/mol. The molecule has 0 aromatic heterocycles. The number of carbonyl (C=O) groups is 3. The van der Waals surface area contributed by atoms with E-state index in [4.69, 9.17) is 16.3 Å². The lowest BCUT2D eigenvalue weighted by molar-refractivity contribution is -0.136. The molecule has 0 radical (unpaired) electrons. The molecular weight excluding hydrogens is 473 g/mol. The van der Waals surface area contributed by atoms with Crippen LogP contribution in [-0.2, 0) is 16.0 Å². The van der Waals surface area contributed by atoms with Crippen molar-refractivity contribution in [3.8, 4) is 5.75 Å². The van der Waals surface area contributed by atoms with Crippen LogP contribution in [-0.4, -0.2) is 54.9 Å². The molecule has 3 rings (SSSR count). The van der Waals surface area contributed by atoms with Crippen molar-refractivity contribution in [2.75, 3.05) is 26.2 Å². The van der Waals surface area contributed by atoms with Gasteiger partial charge in [-0.15, -0.1) is 0 Å². The Labute approximate surface area is 210 Å². The summed E-state index contributed by atoms with van der Waals surface area (Å²) in [7, 11) is 0. The number of benzene rings is 2. The molecule has 0 bridgehead atoms. The maximum Gasteiger partial charge on any atom is 0.255 e. The number of hydrogen-bond donors (Lipinski definition) is 2. The minimum atomic E-state index is -0.414. The Morgan fingerprint density at radius 2 is 2.00 bits per heavy atom. The van der Waals surface area contributed by atoms with Crippen molar-refractivity contribution in [2.24, 2.45) is 5.92 Å². The molecule has 0 saturated heterocycles. The van der Waals surface area contributed by atoms with Crippen molar-refractivity contribution in [3.05, 3.63) is 64.4 Å². The van der Waals surface area contributed by atoms with Crippen LogP contribution in [0.1, 0.15) is 42.6 Å². The number of rotatable bonds is 3. The molecule has 0 spiro atoms. The van der Waals surface area contributed by atoms with E-state index in [0.717, 1.165) is 0 Å². The molecule has 0 fully saturated rings. The second-order valence-corrected chi connectivity index (χ2v) is 9.39. The van der Waals surface area contributed by atoms with Crippen molar-refractivity contribution in [1.29, 1.82) is 0 Å². The fraction of sp³-hybridized carbons (Fsp3) is 0.423. The van der Waals surface area contributed by atoms with Crippen LogP contribution >= 0.6 is 11.6 Å². The molecule has 1 aliphatic rings. The fourth-order valence-corrected chi connectivity index (χ4v) is 3.93. The molecule has 3 amide bonds. The lowest BCUT2D eigenvalue weighted by Gasteiger charge is -2.26. The number of nitrogens with one attached hydrogen (secondary N) is 2. The third-order valence-corrected chi connectivity index (χ3v) is 6.06. The second-order valence-electron chi connectivity index (χ2n) is 8.95. The van der Waals surface area contributed by atoms with Crippen molar-refractivity contribution >= 4 is 29.3 Å². The first-order chi connectivity index (χ1) is 16.7. The first-order valence-electron chi connectivity index (χ1n) is 11.7. The Kier molecular flexibility index (Phi) is 9.48. The molecule has 2 aromatic carbocycles. The molecule has 1 atom stereocenters. The highest BCUT2D eigenvalue weighted by atomic mass is 35.5. The van der Waals surface area contributed by atoms with Crippen molar-refractivity contribution in [2.45, 2.75) is 39.2 Å². The smallest absolute Gasteiger partial charge is 0.255 e. The Morgan fingerprint density at radius 1 is 1.20 bits per heavy atom.